The molecule has 2 aliphatic heterocycles. The maximum Gasteiger partial charge on any atom is 0.230 e. The number of hydrogen-bond acceptors (Lipinski definition) is 3. The second-order valence-corrected chi connectivity index (χ2v) is 7.08. The summed E-state index contributed by atoms with van der Waals surface area (Å²) < 4.78 is 0. The third-order valence-electron chi connectivity index (χ3n) is 5.50. The Morgan fingerprint density at radius 2 is 1.90 bits per heavy atom. The number of carbonyl (C=O) groups excluding carboxylic acids is 1. The molecular formula is C17H33N3O. The van der Waals surface area contributed by atoms with Gasteiger partial charge < -0.3 is 10.6 Å². The van der Waals surface area contributed by atoms with Gasteiger partial charge in [0.05, 0.1) is 5.41 Å². The SMILES string of the molecule is CCCC(CN)(CCC)C(=O)N1CC2CCCN2CC1C. The van der Waals surface area contributed by atoms with E-state index in [1.165, 1.54) is 19.4 Å². The fourth-order valence-electron chi connectivity index (χ4n) is 4.36. The number of amides is 1. The Hall–Kier alpha value is -0.610. The predicted octanol–water partition coefficient (Wildman–Crippen LogP) is 2.23. The van der Waals surface area contributed by atoms with Crippen LogP contribution in [0.25, 0.3) is 0 Å². The summed E-state index contributed by atoms with van der Waals surface area (Å²) in [7, 11) is 0. The van der Waals surface area contributed by atoms with Crippen LogP contribution in [-0.2, 0) is 4.79 Å². The van der Waals surface area contributed by atoms with Crippen molar-refractivity contribution in [3.05, 3.63) is 0 Å². The van der Waals surface area contributed by atoms with Crippen LogP contribution in [0.1, 0.15) is 59.3 Å². The molecule has 0 spiro atoms. The number of fused-ring (bicyclic) bond motifs is 1. The Labute approximate surface area is 130 Å². The largest absolute Gasteiger partial charge is 0.337 e. The summed E-state index contributed by atoms with van der Waals surface area (Å²) in [5, 5.41) is 0. The van der Waals surface area contributed by atoms with E-state index in [1.54, 1.807) is 0 Å². The highest BCUT2D eigenvalue weighted by Crippen LogP contribution is 2.34. The van der Waals surface area contributed by atoms with Gasteiger partial charge in [-0.15, -0.1) is 0 Å². The molecule has 0 aliphatic carbocycles. The zero-order chi connectivity index (χ0) is 15.5. The Morgan fingerprint density at radius 3 is 2.48 bits per heavy atom. The van der Waals surface area contributed by atoms with Crippen LogP contribution in [0.5, 0.6) is 0 Å². The number of nitrogens with zero attached hydrogens (tertiary/aromatic N) is 2. The van der Waals surface area contributed by atoms with E-state index in [4.69, 9.17) is 5.73 Å². The van der Waals surface area contributed by atoms with Crippen molar-refractivity contribution in [3.8, 4) is 0 Å². The summed E-state index contributed by atoms with van der Waals surface area (Å²) in [4.78, 5) is 18.0. The predicted molar refractivity (Wildman–Crippen MR) is 87.1 cm³/mol. The second kappa shape index (κ2) is 7.10. The van der Waals surface area contributed by atoms with E-state index in [9.17, 15) is 4.79 Å². The monoisotopic (exact) mass is 295 g/mol. The molecule has 0 bridgehead atoms. The number of rotatable bonds is 6. The standard InChI is InChI=1S/C17H33N3O/c1-4-8-17(13-18,9-5-2)16(21)20-12-15-7-6-10-19(15)11-14(20)3/h14-15H,4-13,18H2,1-3H3. The molecule has 0 aromatic carbocycles. The Morgan fingerprint density at radius 1 is 1.24 bits per heavy atom. The van der Waals surface area contributed by atoms with Gasteiger partial charge in [-0.05, 0) is 39.2 Å². The van der Waals surface area contributed by atoms with Gasteiger partial charge in [0, 0.05) is 31.7 Å². The lowest BCUT2D eigenvalue weighted by atomic mass is 9.77. The number of carbonyl (C=O) groups is 1. The van der Waals surface area contributed by atoms with E-state index in [-0.39, 0.29) is 5.41 Å². The lowest BCUT2D eigenvalue weighted by molar-refractivity contribution is -0.148. The molecule has 2 aliphatic rings. The van der Waals surface area contributed by atoms with Crippen LogP contribution in [0.2, 0.25) is 0 Å². The summed E-state index contributed by atoms with van der Waals surface area (Å²) in [5.74, 6) is 0.327. The highest BCUT2D eigenvalue weighted by molar-refractivity contribution is 5.83. The zero-order valence-corrected chi connectivity index (χ0v) is 14.1. The van der Waals surface area contributed by atoms with E-state index >= 15 is 0 Å². The molecular weight excluding hydrogens is 262 g/mol. The smallest absolute Gasteiger partial charge is 0.230 e. The summed E-state index contributed by atoms with van der Waals surface area (Å²) >= 11 is 0. The molecule has 0 aromatic heterocycles. The van der Waals surface area contributed by atoms with Crippen LogP contribution in [-0.4, -0.2) is 54.0 Å². The molecule has 4 heteroatoms. The average molecular weight is 295 g/mol. The molecule has 0 aromatic rings. The summed E-state index contributed by atoms with van der Waals surface area (Å²) in [5.41, 5.74) is 5.76. The van der Waals surface area contributed by atoms with Gasteiger partial charge in [-0.2, -0.15) is 0 Å². The van der Waals surface area contributed by atoms with Crippen LogP contribution in [0, 0.1) is 5.41 Å². The molecule has 2 rings (SSSR count). The van der Waals surface area contributed by atoms with Crippen molar-refractivity contribution in [3.63, 3.8) is 0 Å². The molecule has 21 heavy (non-hydrogen) atoms. The molecule has 2 heterocycles. The first kappa shape index (κ1) is 16.8. The van der Waals surface area contributed by atoms with Crippen molar-refractivity contribution in [2.45, 2.75) is 71.4 Å². The molecule has 2 fully saturated rings. The lowest BCUT2D eigenvalue weighted by Gasteiger charge is -2.46. The second-order valence-electron chi connectivity index (χ2n) is 7.08. The van der Waals surface area contributed by atoms with E-state index in [2.05, 4.69) is 30.6 Å². The van der Waals surface area contributed by atoms with Gasteiger partial charge >= 0.3 is 0 Å². The van der Waals surface area contributed by atoms with Crippen LogP contribution in [0.15, 0.2) is 0 Å². The fraction of sp³-hybridized carbons (Fsp3) is 0.941. The van der Waals surface area contributed by atoms with Crippen LogP contribution in [0.3, 0.4) is 0 Å². The summed E-state index contributed by atoms with van der Waals surface area (Å²) in [6.45, 7) is 10.2. The van der Waals surface area contributed by atoms with Gasteiger partial charge in [0.15, 0.2) is 0 Å². The summed E-state index contributed by atoms with van der Waals surface area (Å²) in [6, 6.07) is 0.912. The molecule has 2 N–H and O–H groups in total. The number of piperazine rings is 1. The van der Waals surface area contributed by atoms with E-state index in [1.807, 2.05) is 0 Å². The third-order valence-corrected chi connectivity index (χ3v) is 5.50. The molecule has 122 valence electrons. The molecule has 4 nitrogen and oxygen atoms in total. The molecule has 2 atom stereocenters. The minimum absolute atomic E-state index is 0.321. The molecule has 2 saturated heterocycles. The quantitative estimate of drug-likeness (QED) is 0.817. The maximum absolute atomic E-state index is 13.3. The molecule has 0 saturated carbocycles. The first-order valence-electron chi connectivity index (χ1n) is 8.83. The van der Waals surface area contributed by atoms with Gasteiger partial charge in [0.2, 0.25) is 5.91 Å². The average Bonchev–Trinajstić information content (AvgIpc) is 2.92. The highest BCUT2D eigenvalue weighted by Gasteiger charge is 2.44. The fourth-order valence-corrected chi connectivity index (χ4v) is 4.36. The first-order chi connectivity index (χ1) is 10.1. The zero-order valence-electron chi connectivity index (χ0n) is 14.1. The van der Waals surface area contributed by atoms with Crippen molar-refractivity contribution in [1.82, 2.24) is 9.80 Å². The van der Waals surface area contributed by atoms with Crippen LogP contribution in [0.4, 0.5) is 0 Å². The Kier molecular flexibility index (Phi) is 5.67. The highest BCUT2D eigenvalue weighted by atomic mass is 16.2. The van der Waals surface area contributed by atoms with E-state index in [0.717, 1.165) is 38.8 Å². The van der Waals surface area contributed by atoms with Gasteiger partial charge in [0.1, 0.15) is 0 Å². The van der Waals surface area contributed by atoms with Crippen molar-refractivity contribution < 1.29 is 4.79 Å². The van der Waals surface area contributed by atoms with E-state index < -0.39 is 0 Å². The van der Waals surface area contributed by atoms with Crippen LogP contribution >= 0.6 is 0 Å². The van der Waals surface area contributed by atoms with Crippen molar-refractivity contribution in [1.29, 1.82) is 0 Å². The molecule has 1 amide bonds. The van der Waals surface area contributed by atoms with Gasteiger partial charge in [-0.25, -0.2) is 0 Å². The lowest BCUT2D eigenvalue weighted by Crippen LogP contribution is -2.60. The van der Waals surface area contributed by atoms with Crippen LogP contribution < -0.4 is 5.73 Å². The normalized spacial score (nSPS) is 27.0. The van der Waals surface area contributed by atoms with Crippen molar-refractivity contribution >= 4 is 5.91 Å². The van der Waals surface area contributed by atoms with Gasteiger partial charge in [-0.1, -0.05) is 26.7 Å². The molecule has 2 unspecified atom stereocenters. The van der Waals surface area contributed by atoms with Gasteiger partial charge in [0.25, 0.3) is 0 Å². The topological polar surface area (TPSA) is 49.6 Å². The van der Waals surface area contributed by atoms with Crippen molar-refractivity contribution in [2.24, 2.45) is 11.1 Å². The molecule has 0 radical (unpaired) electrons. The Balaban J connectivity index is 2.15. The minimum atomic E-state index is -0.321. The number of hydrogen-bond donors (Lipinski definition) is 1. The maximum atomic E-state index is 13.3. The van der Waals surface area contributed by atoms with Gasteiger partial charge in [-0.3, -0.25) is 9.69 Å². The number of nitrogens with two attached hydrogens (primary N) is 1. The third kappa shape index (κ3) is 3.26. The van der Waals surface area contributed by atoms with Crippen molar-refractivity contribution in [2.75, 3.05) is 26.2 Å². The minimum Gasteiger partial charge on any atom is -0.337 e. The van der Waals surface area contributed by atoms with E-state index in [0.29, 0.717) is 24.5 Å². The first-order valence-corrected chi connectivity index (χ1v) is 8.83. The summed E-state index contributed by atoms with van der Waals surface area (Å²) in [6.07, 6.45) is 6.43. The Bertz CT molecular complexity index is 352.